The third-order valence-corrected chi connectivity index (χ3v) is 5.53. The summed E-state index contributed by atoms with van der Waals surface area (Å²) in [5.74, 6) is -5.19. The van der Waals surface area contributed by atoms with Crippen LogP contribution in [-0.4, -0.2) is 94.9 Å². The molecule has 39 heavy (non-hydrogen) atoms. The number of carbonyl (C=O) groups is 6. The van der Waals surface area contributed by atoms with E-state index in [1.54, 1.807) is 6.92 Å². The zero-order valence-electron chi connectivity index (χ0n) is 22.6. The summed E-state index contributed by atoms with van der Waals surface area (Å²) < 4.78 is 0. The third-order valence-electron chi connectivity index (χ3n) is 5.53. The molecular formula is C22H44N9O8+. The predicted molar refractivity (Wildman–Crippen MR) is 138 cm³/mol. The van der Waals surface area contributed by atoms with Crippen LogP contribution in [0.4, 0.5) is 0 Å². The molecule has 0 aliphatic rings. The molecule has 0 rings (SSSR count). The standard InChI is InChI=1S/C22H43N9O8/c1-4-12(18(35)30-14(21(38)39)7-8-15(24)33)28-20(37)16(11(3)32)31-19(36)13(29-17(34)10(2)23)6-5-9-27-22(25)26/h10-14,16,22,27,32H,4-9,23,25-26H2,1-3H3,(H2,24,33)(H,28,37)(H,29,34)(H,30,35)(H,31,36)(H,38,39)/p+1/t10-,11+,12-,13-,14-,16-/m0/s1. The number of nitrogens with one attached hydrogen (secondary N) is 5. The number of rotatable bonds is 19. The van der Waals surface area contributed by atoms with Gasteiger partial charge in [0.05, 0.1) is 6.10 Å². The van der Waals surface area contributed by atoms with Gasteiger partial charge in [0, 0.05) is 6.42 Å². The first-order valence-corrected chi connectivity index (χ1v) is 12.6. The maximum atomic E-state index is 13.0. The highest BCUT2D eigenvalue weighted by Gasteiger charge is 2.33. The van der Waals surface area contributed by atoms with E-state index in [0.29, 0.717) is 13.0 Å². The number of aliphatic hydroxyl groups is 1. The van der Waals surface area contributed by atoms with Crippen LogP contribution in [0.2, 0.25) is 0 Å². The third kappa shape index (κ3) is 14.4. The lowest BCUT2D eigenvalue weighted by Gasteiger charge is -2.27. The number of carbonyl (C=O) groups excluding carboxylic acids is 5. The van der Waals surface area contributed by atoms with Crippen LogP contribution in [0.15, 0.2) is 0 Å². The Hall–Kier alpha value is -3.38. The van der Waals surface area contributed by atoms with Crippen LogP contribution in [0.1, 0.15) is 52.9 Å². The first-order valence-electron chi connectivity index (χ1n) is 12.6. The number of aliphatic carboxylic acids is 1. The lowest BCUT2D eigenvalue weighted by molar-refractivity contribution is -0.398. The van der Waals surface area contributed by atoms with Gasteiger partial charge in [-0.3, -0.25) is 29.3 Å². The van der Waals surface area contributed by atoms with Crippen LogP contribution in [0, 0.1) is 0 Å². The summed E-state index contributed by atoms with van der Waals surface area (Å²) >= 11 is 0. The second-order valence-electron chi connectivity index (χ2n) is 9.19. The molecule has 0 aromatic heterocycles. The first kappa shape index (κ1) is 35.6. The minimum absolute atomic E-state index is 0.0383. The smallest absolute Gasteiger partial charge is 0.326 e. The Morgan fingerprint density at radius 3 is 1.82 bits per heavy atom. The van der Waals surface area contributed by atoms with Gasteiger partial charge in [0.1, 0.15) is 30.5 Å². The van der Waals surface area contributed by atoms with Crippen LogP contribution in [0.5, 0.6) is 0 Å². The van der Waals surface area contributed by atoms with Crippen LogP contribution >= 0.6 is 0 Å². The molecule has 5 amide bonds. The number of aliphatic hydroxyl groups excluding tert-OH is 1. The monoisotopic (exact) mass is 562 g/mol. The SMILES string of the molecule is CC[C@H](NC(=O)[C@@H](NC(=O)[C@H](CCCNC(N)N)NC(=O)[C@H](C)[NH3+])[C@@H](C)O)C(=O)N[C@@H](CCC(N)=O)C(=O)O. The van der Waals surface area contributed by atoms with E-state index in [0.717, 1.165) is 0 Å². The molecule has 17 nitrogen and oxygen atoms in total. The molecule has 0 aliphatic carbocycles. The second-order valence-corrected chi connectivity index (χ2v) is 9.19. The van der Waals surface area contributed by atoms with E-state index in [1.807, 2.05) is 0 Å². The van der Waals surface area contributed by atoms with Crippen molar-refractivity contribution in [3.8, 4) is 0 Å². The number of carboxylic acid groups (broad SMARTS) is 1. The van der Waals surface area contributed by atoms with Crippen molar-refractivity contribution in [2.75, 3.05) is 6.54 Å². The molecule has 6 atom stereocenters. The fourth-order valence-electron chi connectivity index (χ4n) is 3.25. The number of hydrogen-bond donors (Lipinski definition) is 11. The van der Waals surface area contributed by atoms with Crippen molar-refractivity contribution in [1.29, 1.82) is 0 Å². The van der Waals surface area contributed by atoms with Gasteiger partial charge in [0.15, 0.2) is 6.04 Å². The van der Waals surface area contributed by atoms with Gasteiger partial charge in [-0.25, -0.2) is 4.79 Å². The minimum atomic E-state index is -1.52. The van der Waals surface area contributed by atoms with Gasteiger partial charge in [-0.15, -0.1) is 0 Å². The van der Waals surface area contributed by atoms with Crippen LogP contribution < -0.4 is 49.5 Å². The number of hydrogen-bond acceptors (Lipinski definition) is 10. The van der Waals surface area contributed by atoms with E-state index in [-0.39, 0.29) is 25.7 Å². The van der Waals surface area contributed by atoms with Gasteiger partial charge in [-0.1, -0.05) is 6.92 Å². The Kier molecular flexibility index (Phi) is 16.4. The quantitative estimate of drug-likeness (QED) is 0.0520. The van der Waals surface area contributed by atoms with Crippen LogP contribution in [-0.2, 0) is 28.8 Å². The average Bonchev–Trinajstić information content (AvgIpc) is 2.83. The lowest BCUT2D eigenvalue weighted by Crippen LogP contribution is -2.68. The zero-order chi connectivity index (χ0) is 30.3. The van der Waals surface area contributed by atoms with Gasteiger partial charge in [0.2, 0.25) is 23.6 Å². The van der Waals surface area contributed by atoms with Gasteiger partial charge >= 0.3 is 5.97 Å². The Morgan fingerprint density at radius 1 is 0.821 bits per heavy atom. The van der Waals surface area contributed by atoms with E-state index in [2.05, 4.69) is 32.3 Å². The van der Waals surface area contributed by atoms with Gasteiger partial charge in [-0.05, 0) is 46.1 Å². The van der Waals surface area contributed by atoms with Crippen molar-refractivity contribution in [3.05, 3.63) is 0 Å². The Bertz CT molecular complexity index is 853. The normalized spacial score (nSPS) is 15.7. The molecule has 0 unspecified atom stereocenters. The topological polar surface area (TPSA) is 309 Å². The van der Waals surface area contributed by atoms with E-state index < -0.39 is 78.1 Å². The first-order chi connectivity index (χ1) is 18.1. The maximum absolute atomic E-state index is 13.0. The van der Waals surface area contributed by atoms with E-state index >= 15 is 0 Å². The average molecular weight is 563 g/mol. The summed E-state index contributed by atoms with van der Waals surface area (Å²) in [7, 11) is 0. The molecule has 0 bridgehead atoms. The van der Waals surface area contributed by atoms with Gasteiger partial charge in [-0.2, -0.15) is 0 Å². The van der Waals surface area contributed by atoms with E-state index in [4.69, 9.17) is 17.2 Å². The van der Waals surface area contributed by atoms with Crippen molar-refractivity contribution in [2.45, 2.75) is 95.5 Å². The summed E-state index contributed by atoms with van der Waals surface area (Å²) in [4.78, 5) is 73.2. The van der Waals surface area contributed by atoms with Crippen molar-refractivity contribution >= 4 is 35.5 Å². The summed E-state index contributed by atoms with van der Waals surface area (Å²) in [5, 5.41) is 31.8. The highest BCUT2D eigenvalue weighted by Crippen LogP contribution is 2.04. The fraction of sp³-hybridized carbons (Fsp3) is 0.727. The molecule has 224 valence electrons. The Morgan fingerprint density at radius 2 is 1.36 bits per heavy atom. The number of quaternary nitrogens is 1. The molecule has 0 aromatic carbocycles. The molecule has 0 heterocycles. The Labute approximate surface area is 226 Å². The molecule has 17 heteroatoms. The van der Waals surface area contributed by atoms with Crippen molar-refractivity contribution in [2.24, 2.45) is 17.2 Å². The number of nitrogens with two attached hydrogens (primary N) is 3. The van der Waals surface area contributed by atoms with Crippen LogP contribution in [0.3, 0.4) is 0 Å². The van der Waals surface area contributed by atoms with Crippen molar-refractivity contribution in [1.82, 2.24) is 26.6 Å². The van der Waals surface area contributed by atoms with Crippen molar-refractivity contribution in [3.63, 3.8) is 0 Å². The van der Waals surface area contributed by atoms with E-state index in [1.165, 1.54) is 13.8 Å². The largest absolute Gasteiger partial charge is 0.480 e. The van der Waals surface area contributed by atoms with Crippen molar-refractivity contribution < 1.29 is 44.7 Å². The summed E-state index contributed by atoms with van der Waals surface area (Å²) in [6, 6.07) is -5.92. The molecule has 0 saturated carbocycles. The zero-order valence-corrected chi connectivity index (χ0v) is 22.6. The number of carboxylic acids is 1. The highest BCUT2D eigenvalue weighted by atomic mass is 16.4. The lowest BCUT2D eigenvalue weighted by atomic mass is 10.1. The maximum Gasteiger partial charge on any atom is 0.326 e. The summed E-state index contributed by atoms with van der Waals surface area (Å²) in [6.07, 6.45) is -2.16. The molecule has 16 N–H and O–H groups in total. The van der Waals surface area contributed by atoms with Crippen LogP contribution in [0.25, 0.3) is 0 Å². The molecule has 0 aliphatic heterocycles. The Balaban J connectivity index is 5.48. The minimum Gasteiger partial charge on any atom is -0.480 e. The van der Waals surface area contributed by atoms with Gasteiger partial charge < -0.3 is 54.4 Å². The highest BCUT2D eigenvalue weighted by molar-refractivity contribution is 5.95. The number of amides is 5. The molecule has 0 spiro atoms. The number of primary amides is 1. The summed E-state index contributed by atoms with van der Waals surface area (Å²) in [6.45, 7) is 4.66. The molecule has 0 fully saturated rings. The molecule has 0 radical (unpaired) electrons. The van der Waals surface area contributed by atoms with Gasteiger partial charge in [0.25, 0.3) is 5.91 Å². The summed E-state index contributed by atoms with van der Waals surface area (Å²) in [5.41, 5.74) is 19.5. The fourth-order valence-corrected chi connectivity index (χ4v) is 3.25. The second kappa shape index (κ2) is 18.0. The molecular weight excluding hydrogens is 518 g/mol. The molecule has 0 aromatic rings. The predicted octanol–water partition coefficient (Wildman–Crippen LogP) is -5.73. The molecule has 0 saturated heterocycles. The van der Waals surface area contributed by atoms with E-state index in [9.17, 15) is 39.0 Å².